The predicted octanol–water partition coefficient (Wildman–Crippen LogP) is 3.29. The Kier molecular flexibility index (Phi) is 6.75. The molecule has 0 rings (SSSR count). The molecule has 0 aliphatic rings. The van der Waals surface area contributed by atoms with Gasteiger partial charge in [0.05, 0.1) is 15.7 Å². The van der Waals surface area contributed by atoms with Gasteiger partial charge in [-0.1, -0.05) is 33.3 Å². The molecular formula is C10H18B2S. The molecule has 0 nitrogen and oxygen atoms in total. The number of hydrogen-bond donors (Lipinski definition) is 0. The van der Waals surface area contributed by atoms with Gasteiger partial charge < -0.3 is 0 Å². The molecule has 0 atom stereocenters. The largest absolute Gasteiger partial charge is 0.131 e. The monoisotopic (exact) mass is 192 g/mol. The summed E-state index contributed by atoms with van der Waals surface area (Å²) in [4.78, 5) is 1.27. The van der Waals surface area contributed by atoms with Gasteiger partial charge in [0.1, 0.15) is 0 Å². The number of thioether (sulfide) groups is 1. The van der Waals surface area contributed by atoms with Crippen LogP contribution in [-0.2, 0) is 0 Å². The molecule has 0 N–H and O–H groups in total. The third-order valence-electron chi connectivity index (χ3n) is 1.81. The second-order valence-electron chi connectivity index (χ2n) is 3.70. The van der Waals surface area contributed by atoms with Crippen LogP contribution in [0.15, 0.2) is 11.5 Å². The maximum Gasteiger partial charge on any atom is 0.0617 e. The fourth-order valence-electron chi connectivity index (χ4n) is 0.927. The molecule has 0 heterocycles. The van der Waals surface area contributed by atoms with E-state index in [1.54, 1.807) is 0 Å². The molecule has 0 bridgehead atoms. The molecule has 0 aliphatic carbocycles. The van der Waals surface area contributed by atoms with Gasteiger partial charge in [-0.2, -0.15) is 0 Å². The smallest absolute Gasteiger partial charge is 0.0617 e. The van der Waals surface area contributed by atoms with E-state index in [-0.39, 0.29) is 0 Å². The Labute approximate surface area is 89.8 Å². The molecule has 4 radical (unpaired) electrons. The van der Waals surface area contributed by atoms with Gasteiger partial charge in [0.2, 0.25) is 0 Å². The molecule has 0 amide bonds. The van der Waals surface area contributed by atoms with Crippen molar-refractivity contribution in [2.24, 2.45) is 0 Å². The van der Waals surface area contributed by atoms with E-state index in [1.165, 1.54) is 11.3 Å². The van der Waals surface area contributed by atoms with Crippen LogP contribution >= 0.6 is 11.8 Å². The van der Waals surface area contributed by atoms with Crippen molar-refractivity contribution < 1.29 is 0 Å². The summed E-state index contributed by atoms with van der Waals surface area (Å²) in [5.74, 6) is 1.14. The minimum absolute atomic E-state index is 0.494. The minimum atomic E-state index is -0.494. The van der Waals surface area contributed by atoms with E-state index in [9.17, 15) is 0 Å². The van der Waals surface area contributed by atoms with Crippen LogP contribution in [0.3, 0.4) is 0 Å². The zero-order valence-corrected chi connectivity index (χ0v) is 9.62. The zero-order chi connectivity index (χ0) is 10.3. The van der Waals surface area contributed by atoms with E-state index in [0.29, 0.717) is 0 Å². The predicted molar refractivity (Wildman–Crippen MR) is 65.6 cm³/mol. The topological polar surface area (TPSA) is 0 Å². The van der Waals surface area contributed by atoms with Gasteiger partial charge in [0.25, 0.3) is 0 Å². The number of allylic oxidation sites excluding steroid dienone is 1. The summed E-state index contributed by atoms with van der Waals surface area (Å²) in [6.07, 6.45) is 4.24. The maximum atomic E-state index is 5.66. The Hall–Kier alpha value is 0.220. The van der Waals surface area contributed by atoms with Gasteiger partial charge in [-0.25, -0.2) is 0 Å². The third kappa shape index (κ3) is 10.1. The summed E-state index contributed by atoms with van der Waals surface area (Å²) in [6.45, 7) is 7.93. The highest BCUT2D eigenvalue weighted by Crippen LogP contribution is 2.24. The summed E-state index contributed by atoms with van der Waals surface area (Å²) in [5, 5.41) is -0.494. The maximum absolute atomic E-state index is 5.66. The standard InChI is InChI=1S/C10H18B2S/c1-4-9(2)13-8-6-5-7-10(3,11)12/h2,4-8H2,1,3H3. The quantitative estimate of drug-likeness (QED) is 0.440. The van der Waals surface area contributed by atoms with Gasteiger partial charge in [-0.3, -0.25) is 0 Å². The molecule has 13 heavy (non-hydrogen) atoms. The lowest BCUT2D eigenvalue weighted by Gasteiger charge is -2.18. The van der Waals surface area contributed by atoms with Crippen LogP contribution in [0.2, 0.25) is 5.21 Å². The van der Waals surface area contributed by atoms with Crippen molar-refractivity contribution in [1.82, 2.24) is 0 Å². The minimum Gasteiger partial charge on any atom is -0.131 e. The summed E-state index contributed by atoms with van der Waals surface area (Å²) < 4.78 is 0. The molecule has 70 valence electrons. The molecular weight excluding hydrogens is 174 g/mol. The molecule has 3 heteroatoms. The first-order valence-corrected chi connectivity index (χ1v) is 5.82. The van der Waals surface area contributed by atoms with Crippen molar-refractivity contribution >= 4 is 27.5 Å². The summed E-state index contributed by atoms with van der Waals surface area (Å²) in [6, 6.07) is 0. The van der Waals surface area contributed by atoms with Crippen molar-refractivity contribution in [2.45, 2.75) is 44.7 Å². The molecule has 0 aromatic heterocycles. The van der Waals surface area contributed by atoms with E-state index in [4.69, 9.17) is 15.7 Å². The van der Waals surface area contributed by atoms with Crippen LogP contribution in [0.1, 0.15) is 39.5 Å². The first kappa shape index (κ1) is 13.2. The van der Waals surface area contributed by atoms with Crippen molar-refractivity contribution in [3.05, 3.63) is 11.5 Å². The molecule has 0 spiro atoms. The second-order valence-corrected chi connectivity index (χ2v) is 4.98. The van der Waals surface area contributed by atoms with Crippen LogP contribution in [-0.4, -0.2) is 21.4 Å². The lowest BCUT2D eigenvalue weighted by Crippen LogP contribution is -2.06. The van der Waals surface area contributed by atoms with Crippen LogP contribution < -0.4 is 0 Å². The number of hydrogen-bond acceptors (Lipinski definition) is 1. The second kappa shape index (κ2) is 6.64. The van der Waals surface area contributed by atoms with Gasteiger partial charge in [0.15, 0.2) is 0 Å². The van der Waals surface area contributed by atoms with Crippen LogP contribution in [0.25, 0.3) is 0 Å². The van der Waals surface area contributed by atoms with Gasteiger partial charge in [0, 0.05) is 0 Å². The molecule has 0 saturated carbocycles. The molecule has 0 aliphatic heterocycles. The van der Waals surface area contributed by atoms with Crippen molar-refractivity contribution in [3.8, 4) is 0 Å². The number of rotatable bonds is 7. The Morgan fingerprint density at radius 2 is 2.00 bits per heavy atom. The molecule has 0 unspecified atom stereocenters. The third-order valence-corrected chi connectivity index (χ3v) is 3.00. The lowest BCUT2D eigenvalue weighted by molar-refractivity contribution is 0.665. The first-order chi connectivity index (χ1) is 5.95. The van der Waals surface area contributed by atoms with Crippen LogP contribution in [0.4, 0.5) is 0 Å². The van der Waals surface area contributed by atoms with Crippen molar-refractivity contribution in [3.63, 3.8) is 0 Å². The van der Waals surface area contributed by atoms with Crippen LogP contribution in [0.5, 0.6) is 0 Å². The number of unbranched alkanes of at least 4 members (excludes halogenated alkanes) is 1. The Morgan fingerprint density at radius 1 is 1.38 bits per heavy atom. The molecule has 0 aromatic carbocycles. The average molecular weight is 192 g/mol. The van der Waals surface area contributed by atoms with Gasteiger partial charge in [-0.05, 0) is 23.5 Å². The lowest BCUT2D eigenvalue weighted by atomic mass is 9.54. The van der Waals surface area contributed by atoms with E-state index in [1.807, 2.05) is 18.7 Å². The van der Waals surface area contributed by atoms with E-state index >= 15 is 0 Å². The zero-order valence-electron chi connectivity index (χ0n) is 8.81. The summed E-state index contributed by atoms with van der Waals surface area (Å²) in [7, 11) is 11.3. The van der Waals surface area contributed by atoms with E-state index < -0.39 is 5.21 Å². The van der Waals surface area contributed by atoms with Gasteiger partial charge >= 0.3 is 0 Å². The highest BCUT2D eigenvalue weighted by Gasteiger charge is 2.07. The first-order valence-electron chi connectivity index (χ1n) is 4.84. The van der Waals surface area contributed by atoms with Crippen molar-refractivity contribution in [2.75, 3.05) is 5.75 Å². The van der Waals surface area contributed by atoms with Gasteiger partial charge in [-0.15, -0.1) is 17.0 Å². The highest BCUT2D eigenvalue weighted by molar-refractivity contribution is 8.03. The summed E-state index contributed by atoms with van der Waals surface area (Å²) in [5.41, 5.74) is 0. The Bertz CT molecular complexity index is 149. The molecule has 0 aromatic rings. The van der Waals surface area contributed by atoms with E-state index in [2.05, 4.69) is 13.5 Å². The Balaban J connectivity index is 3.22. The highest BCUT2D eigenvalue weighted by atomic mass is 32.2. The van der Waals surface area contributed by atoms with Crippen molar-refractivity contribution in [1.29, 1.82) is 0 Å². The van der Waals surface area contributed by atoms with Crippen LogP contribution in [0, 0.1) is 0 Å². The fraction of sp³-hybridized carbons (Fsp3) is 0.800. The molecule has 0 fully saturated rings. The normalized spacial score (nSPS) is 11.5. The van der Waals surface area contributed by atoms with E-state index in [0.717, 1.165) is 25.0 Å². The SMILES string of the molecule is [B]C([B])(C)CCCCSC(=C)CC. The average Bonchev–Trinajstić information content (AvgIpc) is 2.01. The Morgan fingerprint density at radius 3 is 2.46 bits per heavy atom. The molecule has 0 saturated heterocycles. The fourth-order valence-corrected chi connectivity index (χ4v) is 1.77. The summed E-state index contributed by atoms with van der Waals surface area (Å²) >= 11 is 1.85.